The first-order valence-corrected chi connectivity index (χ1v) is 10.9. The Hall–Kier alpha value is -0.760. The summed E-state index contributed by atoms with van der Waals surface area (Å²) in [6.45, 7) is 3.55. The molecule has 130 valence electrons. The van der Waals surface area contributed by atoms with Crippen molar-refractivity contribution in [2.45, 2.75) is 25.1 Å². The highest BCUT2D eigenvalue weighted by atomic mass is 35.5. The van der Waals surface area contributed by atoms with Crippen LogP contribution in [-0.4, -0.2) is 42.3 Å². The Morgan fingerprint density at radius 2 is 2.04 bits per heavy atom. The maximum absolute atomic E-state index is 12.1. The zero-order chi connectivity index (χ0) is 17.6. The number of aliphatic imine (C=N–C) groups is 1. The quantitative estimate of drug-likeness (QED) is 0.753. The predicted octanol–water partition coefficient (Wildman–Crippen LogP) is 3.25. The van der Waals surface area contributed by atoms with Crippen LogP contribution in [0.4, 0.5) is 5.69 Å². The molecular weight excluding hydrogens is 391 g/mol. The molecule has 2 aliphatic rings. The number of carbonyl (C=O) groups is 1. The normalized spacial score (nSPS) is 27.0. The molecule has 0 aromatic heterocycles. The van der Waals surface area contributed by atoms with E-state index in [0.29, 0.717) is 20.9 Å². The molecule has 2 saturated heterocycles. The van der Waals surface area contributed by atoms with Crippen molar-refractivity contribution in [3.05, 3.63) is 28.2 Å². The Balaban J connectivity index is 2.06. The average molecular weight is 407 g/mol. The van der Waals surface area contributed by atoms with E-state index in [4.69, 9.17) is 23.2 Å². The summed E-state index contributed by atoms with van der Waals surface area (Å²) in [5.74, 6) is -0.363. The molecule has 1 aromatic rings. The fourth-order valence-electron chi connectivity index (χ4n) is 2.75. The molecule has 0 spiro atoms. The first kappa shape index (κ1) is 18.0. The van der Waals surface area contributed by atoms with Crippen LogP contribution in [0.5, 0.6) is 0 Å². The van der Waals surface area contributed by atoms with Crippen LogP contribution in [0.15, 0.2) is 23.2 Å². The first-order chi connectivity index (χ1) is 11.2. The van der Waals surface area contributed by atoms with Crippen molar-refractivity contribution in [2.24, 2.45) is 10.9 Å². The highest BCUT2D eigenvalue weighted by Crippen LogP contribution is 2.43. The summed E-state index contributed by atoms with van der Waals surface area (Å²) in [6, 6.07) is 4.74. The second-order valence-corrected chi connectivity index (χ2v) is 10.4. The fourth-order valence-corrected chi connectivity index (χ4v) is 7.16. The Morgan fingerprint density at radius 1 is 1.33 bits per heavy atom. The number of benzene rings is 1. The van der Waals surface area contributed by atoms with Gasteiger partial charge in [0, 0.05) is 16.2 Å². The minimum Gasteiger partial charge on any atom is -0.314 e. The molecule has 1 amide bonds. The summed E-state index contributed by atoms with van der Waals surface area (Å²) in [5.41, 5.74) is 0.619. The molecule has 1 aromatic carbocycles. The van der Waals surface area contributed by atoms with E-state index >= 15 is 0 Å². The summed E-state index contributed by atoms with van der Waals surface area (Å²) in [5, 5.41) is 1.24. The lowest BCUT2D eigenvalue weighted by Gasteiger charge is -2.25. The summed E-state index contributed by atoms with van der Waals surface area (Å²) in [4.78, 5) is 18.0. The maximum atomic E-state index is 12.1. The average Bonchev–Trinajstić information content (AvgIpc) is 2.91. The van der Waals surface area contributed by atoms with Crippen LogP contribution in [0.3, 0.4) is 0 Å². The van der Waals surface area contributed by atoms with Crippen LogP contribution in [0.2, 0.25) is 10.0 Å². The summed E-state index contributed by atoms with van der Waals surface area (Å²) in [6.07, 6.45) is 0. The third kappa shape index (κ3) is 3.45. The monoisotopic (exact) mass is 406 g/mol. The number of hydrogen-bond donors (Lipinski definition) is 0. The van der Waals surface area contributed by atoms with E-state index in [1.165, 1.54) is 11.8 Å². The number of carbonyl (C=O) groups excluding carboxylic acids is 1. The Bertz CT molecular complexity index is 824. The van der Waals surface area contributed by atoms with Crippen molar-refractivity contribution < 1.29 is 13.2 Å². The molecule has 0 N–H and O–H groups in total. The third-order valence-corrected chi connectivity index (χ3v) is 7.68. The van der Waals surface area contributed by atoms with Gasteiger partial charge in [-0.15, -0.1) is 0 Å². The van der Waals surface area contributed by atoms with Gasteiger partial charge in [-0.1, -0.05) is 48.8 Å². The Morgan fingerprint density at radius 3 is 2.67 bits per heavy atom. The van der Waals surface area contributed by atoms with Crippen molar-refractivity contribution >= 4 is 61.6 Å². The van der Waals surface area contributed by atoms with E-state index in [1.54, 1.807) is 36.9 Å². The second-order valence-electron chi connectivity index (χ2n) is 6.15. The zero-order valence-electron chi connectivity index (χ0n) is 13.1. The van der Waals surface area contributed by atoms with Gasteiger partial charge in [0.05, 0.1) is 28.3 Å². The van der Waals surface area contributed by atoms with Crippen LogP contribution in [0.25, 0.3) is 0 Å². The standard InChI is InChI=1S/C15H16Cl2N2O3S2/c1-8(2)14(20)18-15-19(11-4-3-9(16)5-10(11)17)12-6-24(21,22)7-13(12)23-15/h3-5,8,12-13H,6-7H2,1-2H3. The van der Waals surface area contributed by atoms with Gasteiger partial charge < -0.3 is 4.90 Å². The van der Waals surface area contributed by atoms with E-state index in [1.807, 2.05) is 0 Å². The number of fused-ring (bicyclic) bond motifs is 1. The summed E-state index contributed by atoms with van der Waals surface area (Å²) < 4.78 is 24.0. The molecule has 2 aliphatic heterocycles. The highest BCUT2D eigenvalue weighted by Gasteiger charge is 2.49. The molecule has 2 atom stereocenters. The van der Waals surface area contributed by atoms with Gasteiger partial charge in [-0.3, -0.25) is 4.79 Å². The maximum Gasteiger partial charge on any atom is 0.250 e. The molecular formula is C15H16Cl2N2O3S2. The topological polar surface area (TPSA) is 66.8 Å². The lowest BCUT2D eigenvalue weighted by Crippen LogP contribution is -2.38. The number of hydrogen-bond acceptors (Lipinski definition) is 4. The van der Waals surface area contributed by atoms with Crippen LogP contribution >= 0.6 is 35.0 Å². The van der Waals surface area contributed by atoms with Crippen LogP contribution < -0.4 is 4.90 Å². The van der Waals surface area contributed by atoms with Gasteiger partial charge in [-0.2, -0.15) is 4.99 Å². The molecule has 3 rings (SSSR count). The molecule has 2 fully saturated rings. The van der Waals surface area contributed by atoms with Gasteiger partial charge in [-0.05, 0) is 18.2 Å². The van der Waals surface area contributed by atoms with Gasteiger partial charge in [-0.25, -0.2) is 8.42 Å². The number of amidine groups is 1. The van der Waals surface area contributed by atoms with Crippen molar-refractivity contribution in [3.63, 3.8) is 0 Å². The molecule has 0 bridgehead atoms. The van der Waals surface area contributed by atoms with Crippen molar-refractivity contribution in [2.75, 3.05) is 16.4 Å². The molecule has 0 saturated carbocycles. The number of rotatable bonds is 2. The third-order valence-electron chi connectivity index (χ3n) is 3.94. The summed E-state index contributed by atoms with van der Waals surface area (Å²) >= 11 is 13.6. The minimum absolute atomic E-state index is 0.0263. The summed E-state index contributed by atoms with van der Waals surface area (Å²) in [7, 11) is -3.11. The van der Waals surface area contributed by atoms with Gasteiger partial charge in [0.25, 0.3) is 5.91 Å². The molecule has 2 unspecified atom stereocenters. The number of anilines is 1. The SMILES string of the molecule is CC(C)C(=O)N=C1SC2CS(=O)(=O)CC2N1c1ccc(Cl)cc1Cl. The highest BCUT2D eigenvalue weighted by molar-refractivity contribution is 8.16. The van der Waals surface area contributed by atoms with Gasteiger partial charge in [0.2, 0.25) is 0 Å². The van der Waals surface area contributed by atoms with Gasteiger partial charge in [0.15, 0.2) is 15.0 Å². The first-order valence-electron chi connectivity index (χ1n) is 7.42. The molecule has 5 nitrogen and oxygen atoms in total. The van der Waals surface area contributed by atoms with Crippen molar-refractivity contribution in [1.82, 2.24) is 0 Å². The predicted molar refractivity (Wildman–Crippen MR) is 100 cm³/mol. The smallest absolute Gasteiger partial charge is 0.250 e. The number of thioether (sulfide) groups is 1. The van der Waals surface area contributed by atoms with Crippen molar-refractivity contribution in [1.29, 1.82) is 0 Å². The number of halogens is 2. The molecule has 0 radical (unpaired) electrons. The number of sulfone groups is 1. The number of nitrogens with zero attached hydrogens (tertiary/aromatic N) is 2. The second kappa shape index (κ2) is 6.52. The molecule has 2 heterocycles. The van der Waals surface area contributed by atoms with E-state index in [9.17, 15) is 13.2 Å². The lowest BCUT2D eigenvalue weighted by molar-refractivity contribution is -0.120. The van der Waals surface area contributed by atoms with Crippen molar-refractivity contribution in [3.8, 4) is 0 Å². The lowest BCUT2D eigenvalue weighted by atomic mass is 10.2. The number of amides is 1. The van der Waals surface area contributed by atoms with E-state index in [2.05, 4.69) is 4.99 Å². The van der Waals surface area contributed by atoms with Gasteiger partial charge in [0.1, 0.15) is 0 Å². The largest absolute Gasteiger partial charge is 0.314 e. The van der Waals surface area contributed by atoms with Crippen LogP contribution in [0.1, 0.15) is 13.8 Å². The van der Waals surface area contributed by atoms with Crippen LogP contribution in [-0.2, 0) is 14.6 Å². The van der Waals surface area contributed by atoms with Gasteiger partial charge >= 0.3 is 0 Å². The molecule has 9 heteroatoms. The van der Waals surface area contributed by atoms with E-state index < -0.39 is 9.84 Å². The fraction of sp³-hybridized carbons (Fsp3) is 0.467. The Labute approximate surface area is 155 Å². The Kier molecular flexibility index (Phi) is 4.90. The van der Waals surface area contributed by atoms with E-state index in [-0.39, 0.29) is 34.6 Å². The molecule has 24 heavy (non-hydrogen) atoms. The zero-order valence-corrected chi connectivity index (χ0v) is 16.2. The van der Waals surface area contributed by atoms with Crippen LogP contribution in [0, 0.1) is 5.92 Å². The van der Waals surface area contributed by atoms with E-state index in [0.717, 1.165) is 0 Å². The minimum atomic E-state index is -3.11. The molecule has 0 aliphatic carbocycles.